The highest BCUT2D eigenvalue weighted by atomic mass is 32.1. The minimum atomic E-state index is 0.479. The number of rotatable bonds is 5. The zero-order valence-electron chi connectivity index (χ0n) is 12.8. The van der Waals surface area contributed by atoms with Crippen molar-refractivity contribution in [1.29, 1.82) is 0 Å². The Bertz CT molecular complexity index is 861. The second-order valence-corrected chi connectivity index (χ2v) is 5.67. The van der Waals surface area contributed by atoms with Crippen molar-refractivity contribution < 1.29 is 4.18 Å². The van der Waals surface area contributed by atoms with Crippen molar-refractivity contribution in [2.24, 2.45) is 7.05 Å². The number of anilines is 1. The molecule has 1 saturated carbocycles. The van der Waals surface area contributed by atoms with Crippen LogP contribution < -0.4 is 9.50 Å². The Morgan fingerprint density at radius 3 is 2.75 bits per heavy atom. The standard InChI is InChI=1S/C14H14N8OS/c1-22-20-13(18-21-22)8-2-5-10(12(6-8)23-24)11-7-15-14(19-17-11)16-9-3-4-9/h2,5-7,9,24H,3-4H2,1H3,(H,15,16,19). The van der Waals surface area contributed by atoms with Gasteiger partial charge in [0.05, 0.1) is 13.2 Å². The van der Waals surface area contributed by atoms with Gasteiger partial charge in [0.2, 0.25) is 11.8 Å². The number of thiol groups is 1. The van der Waals surface area contributed by atoms with Gasteiger partial charge < -0.3 is 9.50 Å². The van der Waals surface area contributed by atoms with Crippen molar-refractivity contribution in [3.05, 3.63) is 24.4 Å². The van der Waals surface area contributed by atoms with Crippen LogP contribution in [0.5, 0.6) is 5.75 Å². The molecule has 0 bridgehead atoms. The van der Waals surface area contributed by atoms with Crippen LogP contribution >= 0.6 is 12.9 Å². The van der Waals surface area contributed by atoms with Crippen LogP contribution in [-0.2, 0) is 7.05 Å². The Labute approximate surface area is 143 Å². The summed E-state index contributed by atoms with van der Waals surface area (Å²) in [6.07, 6.45) is 3.96. The summed E-state index contributed by atoms with van der Waals surface area (Å²) in [6.45, 7) is 0. The molecule has 10 heteroatoms. The van der Waals surface area contributed by atoms with E-state index in [-0.39, 0.29) is 0 Å². The van der Waals surface area contributed by atoms with E-state index in [0.717, 1.165) is 24.0 Å². The Hall–Kier alpha value is -2.75. The van der Waals surface area contributed by atoms with Gasteiger partial charge in [-0.3, -0.25) is 0 Å². The zero-order valence-corrected chi connectivity index (χ0v) is 13.7. The summed E-state index contributed by atoms with van der Waals surface area (Å²) < 4.78 is 5.17. The lowest BCUT2D eigenvalue weighted by Gasteiger charge is -2.08. The maximum absolute atomic E-state index is 5.17. The molecular weight excluding hydrogens is 328 g/mol. The summed E-state index contributed by atoms with van der Waals surface area (Å²) in [5.74, 6) is 1.56. The summed E-state index contributed by atoms with van der Waals surface area (Å²) >= 11 is 3.93. The average molecular weight is 342 g/mol. The van der Waals surface area contributed by atoms with E-state index in [0.29, 0.717) is 29.3 Å². The average Bonchev–Trinajstić information content (AvgIpc) is 3.32. The first-order valence-corrected chi connectivity index (χ1v) is 7.76. The van der Waals surface area contributed by atoms with Crippen molar-refractivity contribution >= 4 is 18.9 Å². The highest BCUT2D eigenvalue weighted by Crippen LogP contribution is 2.32. The molecule has 1 aromatic carbocycles. The Balaban J connectivity index is 1.64. The summed E-state index contributed by atoms with van der Waals surface area (Å²) in [5, 5.41) is 23.5. The normalized spacial score (nSPS) is 13.8. The predicted molar refractivity (Wildman–Crippen MR) is 89.3 cm³/mol. The van der Waals surface area contributed by atoms with Gasteiger partial charge in [0, 0.05) is 30.1 Å². The minimum absolute atomic E-state index is 0.479. The predicted octanol–water partition coefficient (Wildman–Crippen LogP) is 1.53. The third kappa shape index (κ3) is 3.00. The Kier molecular flexibility index (Phi) is 3.73. The van der Waals surface area contributed by atoms with Crippen LogP contribution in [0.25, 0.3) is 22.6 Å². The lowest BCUT2D eigenvalue weighted by atomic mass is 10.1. The van der Waals surface area contributed by atoms with E-state index in [9.17, 15) is 0 Å². The quantitative estimate of drug-likeness (QED) is 0.531. The lowest BCUT2D eigenvalue weighted by Crippen LogP contribution is -2.06. The SMILES string of the molecule is Cn1nnc(-c2ccc(-c3cnc(NC4CC4)nn3)c(OS)c2)n1. The second kappa shape index (κ2) is 6.04. The van der Waals surface area contributed by atoms with Crippen LogP contribution in [0.1, 0.15) is 12.8 Å². The number of aryl methyl sites for hydroxylation is 1. The topological polar surface area (TPSA) is 104 Å². The highest BCUT2D eigenvalue weighted by molar-refractivity contribution is 7.75. The van der Waals surface area contributed by atoms with Crippen molar-refractivity contribution in [2.75, 3.05) is 5.32 Å². The van der Waals surface area contributed by atoms with Crippen LogP contribution in [0.15, 0.2) is 24.4 Å². The molecule has 1 N–H and O–H groups in total. The van der Waals surface area contributed by atoms with Crippen molar-refractivity contribution in [3.63, 3.8) is 0 Å². The zero-order chi connectivity index (χ0) is 16.5. The fourth-order valence-electron chi connectivity index (χ4n) is 2.22. The fraction of sp³-hybridized carbons (Fsp3) is 0.286. The molecule has 0 unspecified atom stereocenters. The molecule has 0 spiro atoms. The van der Waals surface area contributed by atoms with E-state index in [1.165, 1.54) is 4.80 Å². The van der Waals surface area contributed by atoms with Crippen LogP contribution in [0.2, 0.25) is 0 Å². The van der Waals surface area contributed by atoms with E-state index in [4.69, 9.17) is 4.18 Å². The van der Waals surface area contributed by atoms with Crippen molar-refractivity contribution in [2.45, 2.75) is 18.9 Å². The van der Waals surface area contributed by atoms with Gasteiger partial charge in [-0.1, -0.05) is 6.07 Å². The molecule has 2 aromatic heterocycles. The van der Waals surface area contributed by atoms with Crippen molar-refractivity contribution in [3.8, 4) is 28.4 Å². The molecule has 3 aromatic rings. The van der Waals surface area contributed by atoms with Gasteiger partial charge in [-0.15, -0.1) is 20.4 Å². The number of aromatic nitrogens is 7. The van der Waals surface area contributed by atoms with Gasteiger partial charge in [-0.2, -0.15) is 4.80 Å². The monoisotopic (exact) mass is 342 g/mol. The van der Waals surface area contributed by atoms with Crippen LogP contribution in [0.3, 0.4) is 0 Å². The van der Waals surface area contributed by atoms with E-state index in [1.807, 2.05) is 12.1 Å². The van der Waals surface area contributed by atoms with Crippen LogP contribution in [0, 0.1) is 0 Å². The summed E-state index contributed by atoms with van der Waals surface area (Å²) in [5.41, 5.74) is 2.10. The number of nitrogens with one attached hydrogen (secondary N) is 1. The molecule has 4 rings (SSSR count). The minimum Gasteiger partial charge on any atom is -0.428 e. The molecule has 0 aliphatic heterocycles. The van der Waals surface area contributed by atoms with Gasteiger partial charge in [0.15, 0.2) is 0 Å². The number of hydrogen-bond donors (Lipinski definition) is 2. The smallest absolute Gasteiger partial charge is 0.242 e. The molecule has 0 amide bonds. The van der Waals surface area contributed by atoms with E-state index in [2.05, 4.69) is 48.8 Å². The van der Waals surface area contributed by atoms with Gasteiger partial charge in [-0.25, -0.2) is 4.98 Å². The molecule has 9 nitrogen and oxygen atoms in total. The van der Waals surface area contributed by atoms with E-state index >= 15 is 0 Å². The summed E-state index contributed by atoms with van der Waals surface area (Å²) in [4.78, 5) is 5.69. The number of tetrazole rings is 1. The van der Waals surface area contributed by atoms with Crippen LogP contribution in [0.4, 0.5) is 5.95 Å². The molecule has 0 saturated heterocycles. The molecule has 0 radical (unpaired) electrons. The summed E-state index contributed by atoms with van der Waals surface area (Å²) in [7, 11) is 1.71. The fourth-order valence-corrected chi connectivity index (χ4v) is 2.37. The molecule has 0 atom stereocenters. The first-order chi connectivity index (χ1) is 11.7. The molecule has 2 heterocycles. The number of nitrogens with zero attached hydrogens (tertiary/aromatic N) is 7. The number of benzene rings is 1. The maximum atomic E-state index is 5.17. The third-order valence-electron chi connectivity index (χ3n) is 3.59. The largest absolute Gasteiger partial charge is 0.428 e. The molecule has 1 aliphatic rings. The molecular formula is C14H14N8OS. The highest BCUT2D eigenvalue weighted by Gasteiger charge is 2.22. The maximum Gasteiger partial charge on any atom is 0.242 e. The molecule has 1 fully saturated rings. The molecule has 24 heavy (non-hydrogen) atoms. The molecule has 1 aliphatic carbocycles. The van der Waals surface area contributed by atoms with Gasteiger partial charge in [0.1, 0.15) is 11.4 Å². The first-order valence-electron chi connectivity index (χ1n) is 7.39. The molecule has 122 valence electrons. The van der Waals surface area contributed by atoms with Crippen LogP contribution in [-0.4, -0.2) is 41.4 Å². The summed E-state index contributed by atoms with van der Waals surface area (Å²) in [6, 6.07) is 5.96. The van der Waals surface area contributed by atoms with Gasteiger partial charge in [-0.05, 0) is 30.2 Å². The van der Waals surface area contributed by atoms with E-state index in [1.54, 1.807) is 19.3 Å². The Morgan fingerprint density at radius 2 is 2.12 bits per heavy atom. The van der Waals surface area contributed by atoms with E-state index < -0.39 is 0 Å². The number of hydrogen-bond acceptors (Lipinski definition) is 9. The third-order valence-corrected chi connectivity index (χ3v) is 3.79. The van der Waals surface area contributed by atoms with Gasteiger partial charge in [0.25, 0.3) is 0 Å². The lowest BCUT2D eigenvalue weighted by molar-refractivity contribution is 0.630. The first kappa shape index (κ1) is 14.8. The Morgan fingerprint density at radius 1 is 1.25 bits per heavy atom. The van der Waals surface area contributed by atoms with Gasteiger partial charge >= 0.3 is 0 Å². The second-order valence-electron chi connectivity index (χ2n) is 5.49. The van der Waals surface area contributed by atoms with Crippen molar-refractivity contribution in [1.82, 2.24) is 35.4 Å².